The van der Waals surface area contributed by atoms with Crippen molar-refractivity contribution in [3.63, 3.8) is 0 Å². The lowest BCUT2D eigenvalue weighted by molar-refractivity contribution is -0.131. The maximum atomic E-state index is 12.4. The molecule has 3 rings (SSSR count). The van der Waals surface area contributed by atoms with Crippen LogP contribution in [0.25, 0.3) is 0 Å². The summed E-state index contributed by atoms with van der Waals surface area (Å²) in [5.41, 5.74) is 0.0566. The second-order valence-corrected chi connectivity index (χ2v) is 7.32. The molecule has 0 saturated carbocycles. The average Bonchev–Trinajstić information content (AvgIpc) is 2.93. The van der Waals surface area contributed by atoms with Crippen LogP contribution in [0.15, 0.2) is 0 Å². The molecule has 0 aromatic carbocycles. The molecule has 2 saturated heterocycles. The SMILES string of the molecule is COCCN1CC[C@@]2(CCC1=O)CN(Cc1n[nH]c(C)n1)CCN2C. The third-order valence-corrected chi connectivity index (χ3v) is 5.66. The van der Waals surface area contributed by atoms with Gasteiger partial charge in [0.1, 0.15) is 5.82 Å². The molecule has 2 aliphatic rings. The molecule has 0 bridgehead atoms. The molecule has 0 aliphatic carbocycles. The quantitative estimate of drug-likeness (QED) is 0.821. The highest BCUT2D eigenvalue weighted by Gasteiger charge is 2.42. The predicted octanol–water partition coefficient (Wildman–Crippen LogP) is 0.258. The van der Waals surface area contributed by atoms with E-state index in [-0.39, 0.29) is 11.4 Å². The molecule has 1 spiro atoms. The van der Waals surface area contributed by atoms with Gasteiger partial charge in [-0.15, -0.1) is 0 Å². The number of nitrogens with one attached hydrogen (secondary N) is 1. The Morgan fingerprint density at radius 3 is 2.84 bits per heavy atom. The number of carbonyl (C=O) groups is 1. The Hall–Kier alpha value is -1.51. The molecule has 2 fully saturated rings. The summed E-state index contributed by atoms with van der Waals surface area (Å²) in [6.07, 6.45) is 2.53. The maximum absolute atomic E-state index is 12.4. The lowest BCUT2D eigenvalue weighted by Gasteiger charge is -2.49. The second-order valence-electron chi connectivity index (χ2n) is 7.32. The number of piperazine rings is 1. The highest BCUT2D eigenvalue weighted by atomic mass is 16.5. The molecule has 140 valence electrons. The van der Waals surface area contributed by atoms with E-state index in [1.54, 1.807) is 7.11 Å². The van der Waals surface area contributed by atoms with Crippen molar-refractivity contribution in [1.29, 1.82) is 0 Å². The van der Waals surface area contributed by atoms with Crippen molar-refractivity contribution in [2.24, 2.45) is 0 Å². The smallest absolute Gasteiger partial charge is 0.222 e. The number of amides is 1. The average molecular weight is 350 g/mol. The number of hydrogen-bond donors (Lipinski definition) is 1. The monoisotopic (exact) mass is 350 g/mol. The normalized spacial score (nSPS) is 26.4. The Labute approximate surface area is 149 Å². The van der Waals surface area contributed by atoms with Gasteiger partial charge in [0.15, 0.2) is 5.82 Å². The molecule has 1 N–H and O–H groups in total. The third kappa shape index (κ3) is 4.19. The van der Waals surface area contributed by atoms with E-state index in [0.717, 1.165) is 57.2 Å². The molecule has 1 amide bonds. The van der Waals surface area contributed by atoms with Gasteiger partial charge < -0.3 is 9.64 Å². The van der Waals surface area contributed by atoms with Crippen LogP contribution in [0.1, 0.15) is 30.9 Å². The van der Waals surface area contributed by atoms with E-state index in [2.05, 4.69) is 32.0 Å². The van der Waals surface area contributed by atoms with Gasteiger partial charge in [-0.1, -0.05) is 0 Å². The number of carbonyl (C=O) groups excluding carboxylic acids is 1. The lowest BCUT2D eigenvalue weighted by Crippen LogP contribution is -2.60. The summed E-state index contributed by atoms with van der Waals surface area (Å²) in [6.45, 7) is 7.76. The van der Waals surface area contributed by atoms with Gasteiger partial charge in [0.25, 0.3) is 0 Å². The number of ether oxygens (including phenoxy) is 1. The first-order chi connectivity index (χ1) is 12.0. The molecular formula is C17H30N6O2. The van der Waals surface area contributed by atoms with Gasteiger partial charge >= 0.3 is 0 Å². The van der Waals surface area contributed by atoms with Crippen LogP contribution in [0.2, 0.25) is 0 Å². The zero-order valence-corrected chi connectivity index (χ0v) is 15.6. The van der Waals surface area contributed by atoms with E-state index in [1.165, 1.54) is 0 Å². The minimum absolute atomic E-state index is 0.0566. The van der Waals surface area contributed by atoms with E-state index in [0.29, 0.717) is 19.6 Å². The number of nitrogens with zero attached hydrogens (tertiary/aromatic N) is 5. The number of methoxy groups -OCH3 is 1. The first-order valence-corrected chi connectivity index (χ1v) is 9.11. The summed E-state index contributed by atoms with van der Waals surface area (Å²) in [5.74, 6) is 1.96. The van der Waals surface area contributed by atoms with Crippen LogP contribution in [-0.2, 0) is 16.1 Å². The van der Waals surface area contributed by atoms with E-state index >= 15 is 0 Å². The minimum atomic E-state index is 0.0566. The van der Waals surface area contributed by atoms with E-state index in [4.69, 9.17) is 4.74 Å². The summed E-state index contributed by atoms with van der Waals surface area (Å²) in [5, 5.41) is 7.19. The lowest BCUT2D eigenvalue weighted by atomic mass is 9.86. The number of hydrogen-bond acceptors (Lipinski definition) is 6. The third-order valence-electron chi connectivity index (χ3n) is 5.66. The number of aryl methyl sites for hydroxylation is 1. The fourth-order valence-corrected chi connectivity index (χ4v) is 4.01. The van der Waals surface area contributed by atoms with Gasteiger partial charge in [-0.3, -0.25) is 19.7 Å². The molecule has 3 heterocycles. The van der Waals surface area contributed by atoms with Crippen LogP contribution < -0.4 is 0 Å². The molecular weight excluding hydrogens is 320 g/mol. The van der Waals surface area contributed by atoms with Crippen molar-refractivity contribution in [3.05, 3.63) is 11.6 Å². The van der Waals surface area contributed by atoms with Gasteiger partial charge in [0, 0.05) is 51.8 Å². The molecule has 2 aliphatic heterocycles. The molecule has 25 heavy (non-hydrogen) atoms. The highest BCUT2D eigenvalue weighted by Crippen LogP contribution is 2.32. The fourth-order valence-electron chi connectivity index (χ4n) is 4.01. The van der Waals surface area contributed by atoms with Crippen molar-refractivity contribution < 1.29 is 9.53 Å². The Bertz CT molecular complexity index is 591. The minimum Gasteiger partial charge on any atom is -0.383 e. The Morgan fingerprint density at radius 1 is 1.28 bits per heavy atom. The van der Waals surface area contributed by atoms with Gasteiger partial charge in [0.2, 0.25) is 5.91 Å². The molecule has 8 nitrogen and oxygen atoms in total. The zero-order chi connectivity index (χ0) is 17.9. The van der Waals surface area contributed by atoms with Crippen LogP contribution in [0.5, 0.6) is 0 Å². The van der Waals surface area contributed by atoms with E-state index in [9.17, 15) is 4.79 Å². The summed E-state index contributed by atoms with van der Waals surface area (Å²) in [4.78, 5) is 23.7. The molecule has 1 atom stereocenters. The topological polar surface area (TPSA) is 77.6 Å². The fraction of sp³-hybridized carbons (Fsp3) is 0.824. The largest absolute Gasteiger partial charge is 0.383 e. The van der Waals surface area contributed by atoms with Crippen LogP contribution in [0, 0.1) is 6.92 Å². The Balaban J connectivity index is 1.66. The van der Waals surface area contributed by atoms with Crippen LogP contribution in [0.4, 0.5) is 0 Å². The standard InChI is InChI=1S/C17H30N6O2/c1-14-18-15(20-19-14)12-22-9-8-21(2)17(13-22)5-4-16(24)23(7-6-17)10-11-25-3/h4-13H2,1-3H3,(H,18,19,20)/t17-/m0/s1. The summed E-state index contributed by atoms with van der Waals surface area (Å²) >= 11 is 0. The number of aromatic amines is 1. The summed E-state index contributed by atoms with van der Waals surface area (Å²) in [6, 6.07) is 0. The number of rotatable bonds is 5. The first-order valence-electron chi connectivity index (χ1n) is 9.11. The van der Waals surface area contributed by atoms with Gasteiger partial charge in [-0.05, 0) is 26.8 Å². The van der Waals surface area contributed by atoms with Crippen molar-refractivity contribution in [2.45, 2.75) is 38.3 Å². The molecule has 0 radical (unpaired) electrons. The zero-order valence-electron chi connectivity index (χ0n) is 15.6. The van der Waals surface area contributed by atoms with Crippen LogP contribution in [0.3, 0.4) is 0 Å². The summed E-state index contributed by atoms with van der Waals surface area (Å²) < 4.78 is 5.15. The Kier molecular flexibility index (Phi) is 5.71. The number of likely N-dealkylation sites (tertiary alicyclic amines) is 1. The van der Waals surface area contributed by atoms with Crippen molar-refractivity contribution in [1.82, 2.24) is 29.9 Å². The molecule has 1 aromatic heterocycles. The maximum Gasteiger partial charge on any atom is 0.222 e. The Morgan fingerprint density at radius 2 is 2.12 bits per heavy atom. The number of aromatic nitrogens is 3. The predicted molar refractivity (Wildman–Crippen MR) is 94.1 cm³/mol. The van der Waals surface area contributed by atoms with Crippen molar-refractivity contribution in [3.8, 4) is 0 Å². The number of likely N-dealkylation sites (N-methyl/N-ethyl adjacent to an activating group) is 1. The molecule has 1 aromatic rings. The van der Waals surface area contributed by atoms with Crippen molar-refractivity contribution in [2.75, 3.05) is 53.5 Å². The van der Waals surface area contributed by atoms with Gasteiger partial charge in [-0.25, -0.2) is 4.98 Å². The van der Waals surface area contributed by atoms with Crippen LogP contribution >= 0.6 is 0 Å². The van der Waals surface area contributed by atoms with Crippen molar-refractivity contribution >= 4 is 5.91 Å². The first kappa shape index (κ1) is 18.3. The molecule has 0 unspecified atom stereocenters. The molecule has 8 heteroatoms. The number of H-pyrrole nitrogens is 1. The highest BCUT2D eigenvalue weighted by molar-refractivity contribution is 5.76. The summed E-state index contributed by atoms with van der Waals surface area (Å²) in [7, 11) is 3.88. The van der Waals surface area contributed by atoms with E-state index in [1.807, 2.05) is 11.8 Å². The van der Waals surface area contributed by atoms with Gasteiger partial charge in [-0.2, -0.15) is 5.10 Å². The van der Waals surface area contributed by atoms with Gasteiger partial charge in [0.05, 0.1) is 13.2 Å². The van der Waals surface area contributed by atoms with E-state index < -0.39 is 0 Å². The van der Waals surface area contributed by atoms with Crippen LogP contribution in [-0.4, -0.2) is 94.8 Å². The second kappa shape index (κ2) is 7.80.